The highest BCUT2D eigenvalue weighted by atomic mass is 32.2. The highest BCUT2D eigenvalue weighted by Gasteiger charge is 2.37. The SMILES string of the molecule is CCC1(C)Cc2ccccc2-c2nc(SCC(=O)Nc3ccccc3)[nH]c(=O)c21. The molecule has 1 aliphatic carbocycles. The van der Waals surface area contributed by atoms with Crippen LogP contribution in [0.2, 0.25) is 0 Å². The van der Waals surface area contributed by atoms with Crippen LogP contribution < -0.4 is 10.9 Å². The van der Waals surface area contributed by atoms with E-state index in [1.54, 1.807) is 0 Å². The van der Waals surface area contributed by atoms with Crippen LogP contribution in [0.1, 0.15) is 31.4 Å². The summed E-state index contributed by atoms with van der Waals surface area (Å²) in [7, 11) is 0. The summed E-state index contributed by atoms with van der Waals surface area (Å²) in [5, 5.41) is 3.31. The van der Waals surface area contributed by atoms with Gasteiger partial charge in [0.1, 0.15) is 0 Å². The molecule has 0 bridgehead atoms. The molecule has 3 aromatic rings. The van der Waals surface area contributed by atoms with E-state index in [2.05, 4.69) is 30.2 Å². The summed E-state index contributed by atoms with van der Waals surface area (Å²) in [5.74, 6) is 0.0314. The first-order valence-corrected chi connectivity index (χ1v) is 10.7. The van der Waals surface area contributed by atoms with E-state index < -0.39 is 0 Å². The number of H-pyrrole nitrogens is 1. The number of thioether (sulfide) groups is 1. The zero-order chi connectivity index (χ0) is 20.4. The number of amides is 1. The van der Waals surface area contributed by atoms with Crippen molar-refractivity contribution in [2.75, 3.05) is 11.1 Å². The molecule has 1 heterocycles. The van der Waals surface area contributed by atoms with Gasteiger partial charge < -0.3 is 10.3 Å². The van der Waals surface area contributed by atoms with Gasteiger partial charge in [0.2, 0.25) is 5.91 Å². The van der Waals surface area contributed by atoms with Crippen LogP contribution in [0.25, 0.3) is 11.3 Å². The fourth-order valence-electron chi connectivity index (χ4n) is 3.84. The molecule has 0 radical (unpaired) electrons. The molecule has 2 aromatic carbocycles. The molecule has 0 spiro atoms. The lowest BCUT2D eigenvalue weighted by Gasteiger charge is -2.34. The van der Waals surface area contributed by atoms with E-state index in [1.807, 2.05) is 48.5 Å². The fraction of sp³-hybridized carbons (Fsp3) is 0.261. The predicted molar refractivity (Wildman–Crippen MR) is 117 cm³/mol. The monoisotopic (exact) mass is 405 g/mol. The minimum atomic E-state index is -0.252. The number of aromatic nitrogens is 2. The largest absolute Gasteiger partial charge is 0.325 e. The molecule has 1 aromatic heterocycles. The van der Waals surface area contributed by atoms with Crippen LogP contribution in [0.5, 0.6) is 0 Å². The molecular formula is C23H23N3O2S. The maximum atomic E-state index is 13.0. The number of hydrogen-bond acceptors (Lipinski definition) is 4. The van der Waals surface area contributed by atoms with E-state index in [4.69, 9.17) is 4.98 Å². The Bertz CT molecular complexity index is 1110. The van der Waals surface area contributed by atoms with Gasteiger partial charge in [-0.1, -0.05) is 68.1 Å². The van der Waals surface area contributed by atoms with Gasteiger partial charge in [0, 0.05) is 22.2 Å². The number of rotatable bonds is 5. The van der Waals surface area contributed by atoms with Crippen molar-refractivity contribution in [3.8, 4) is 11.3 Å². The number of nitrogens with one attached hydrogen (secondary N) is 2. The van der Waals surface area contributed by atoms with Crippen molar-refractivity contribution in [3.05, 3.63) is 76.1 Å². The molecular weight excluding hydrogens is 382 g/mol. The topological polar surface area (TPSA) is 74.8 Å². The Morgan fingerprint density at radius 3 is 2.66 bits per heavy atom. The molecule has 2 N–H and O–H groups in total. The van der Waals surface area contributed by atoms with Gasteiger partial charge in [-0.2, -0.15) is 0 Å². The molecule has 6 heteroatoms. The van der Waals surface area contributed by atoms with Gasteiger partial charge >= 0.3 is 0 Å². The first-order valence-electron chi connectivity index (χ1n) is 9.71. The molecule has 1 unspecified atom stereocenters. The summed E-state index contributed by atoms with van der Waals surface area (Å²) in [6.45, 7) is 4.23. The van der Waals surface area contributed by atoms with Gasteiger partial charge in [-0.05, 0) is 30.5 Å². The van der Waals surface area contributed by atoms with Crippen molar-refractivity contribution in [1.29, 1.82) is 0 Å². The van der Waals surface area contributed by atoms with Gasteiger partial charge in [0.15, 0.2) is 5.16 Å². The molecule has 5 nitrogen and oxygen atoms in total. The smallest absolute Gasteiger partial charge is 0.255 e. The lowest BCUT2D eigenvalue weighted by molar-refractivity contribution is -0.113. The van der Waals surface area contributed by atoms with Crippen molar-refractivity contribution < 1.29 is 4.79 Å². The van der Waals surface area contributed by atoms with Crippen LogP contribution >= 0.6 is 11.8 Å². The van der Waals surface area contributed by atoms with Crippen LogP contribution in [-0.2, 0) is 16.6 Å². The average Bonchev–Trinajstić information content (AvgIpc) is 2.73. The summed E-state index contributed by atoms with van der Waals surface area (Å²) in [5.41, 5.74) is 4.09. The Balaban J connectivity index is 1.62. The lowest BCUT2D eigenvalue weighted by Crippen LogP contribution is -2.36. The molecule has 0 aliphatic heterocycles. The third-order valence-electron chi connectivity index (χ3n) is 5.53. The number of nitrogens with zero attached hydrogens (tertiary/aromatic N) is 1. The Morgan fingerprint density at radius 1 is 1.17 bits per heavy atom. The molecule has 29 heavy (non-hydrogen) atoms. The Morgan fingerprint density at radius 2 is 1.90 bits per heavy atom. The molecule has 4 rings (SSSR count). The number of benzene rings is 2. The third kappa shape index (κ3) is 3.85. The lowest BCUT2D eigenvalue weighted by atomic mass is 9.69. The Labute approximate surface area is 174 Å². The van der Waals surface area contributed by atoms with Crippen molar-refractivity contribution in [2.24, 2.45) is 0 Å². The molecule has 0 saturated heterocycles. The van der Waals surface area contributed by atoms with Crippen molar-refractivity contribution in [2.45, 2.75) is 37.3 Å². The summed E-state index contributed by atoms with van der Waals surface area (Å²) in [6, 6.07) is 17.4. The van der Waals surface area contributed by atoms with Crippen molar-refractivity contribution >= 4 is 23.4 Å². The second-order valence-electron chi connectivity index (χ2n) is 7.55. The quantitative estimate of drug-likeness (QED) is 0.488. The zero-order valence-electron chi connectivity index (χ0n) is 16.5. The number of hydrogen-bond donors (Lipinski definition) is 2. The maximum Gasteiger partial charge on any atom is 0.255 e. The summed E-state index contributed by atoms with van der Waals surface area (Å²) in [6.07, 6.45) is 1.68. The van der Waals surface area contributed by atoms with E-state index in [1.165, 1.54) is 17.3 Å². The average molecular weight is 406 g/mol. The number of aromatic amines is 1. The maximum absolute atomic E-state index is 13.0. The van der Waals surface area contributed by atoms with E-state index in [0.717, 1.165) is 35.3 Å². The number of carbonyl (C=O) groups excluding carboxylic acids is 1. The van der Waals surface area contributed by atoms with Crippen LogP contribution in [0.15, 0.2) is 64.5 Å². The fourth-order valence-corrected chi connectivity index (χ4v) is 4.50. The molecule has 148 valence electrons. The first kappa shape index (κ1) is 19.5. The van der Waals surface area contributed by atoms with Crippen LogP contribution in [-0.4, -0.2) is 21.6 Å². The number of fused-ring (bicyclic) bond motifs is 3. The predicted octanol–water partition coefficient (Wildman–Crippen LogP) is 4.39. The Hall–Kier alpha value is -2.86. The number of anilines is 1. The minimum absolute atomic E-state index is 0.111. The number of para-hydroxylation sites is 1. The van der Waals surface area contributed by atoms with Crippen molar-refractivity contribution in [3.63, 3.8) is 0 Å². The van der Waals surface area contributed by atoms with Crippen LogP contribution in [0, 0.1) is 0 Å². The molecule has 1 aliphatic rings. The Kier molecular flexibility index (Phi) is 5.28. The van der Waals surface area contributed by atoms with Crippen LogP contribution in [0.4, 0.5) is 5.69 Å². The van der Waals surface area contributed by atoms with Gasteiger partial charge in [0.25, 0.3) is 5.56 Å². The summed E-state index contributed by atoms with van der Waals surface area (Å²) >= 11 is 1.24. The van der Waals surface area contributed by atoms with E-state index in [-0.39, 0.29) is 22.6 Å². The summed E-state index contributed by atoms with van der Waals surface area (Å²) in [4.78, 5) is 32.9. The summed E-state index contributed by atoms with van der Waals surface area (Å²) < 4.78 is 0. The highest BCUT2D eigenvalue weighted by molar-refractivity contribution is 7.99. The molecule has 1 amide bonds. The van der Waals surface area contributed by atoms with E-state index in [0.29, 0.717) is 5.16 Å². The van der Waals surface area contributed by atoms with Crippen molar-refractivity contribution in [1.82, 2.24) is 9.97 Å². The van der Waals surface area contributed by atoms with Gasteiger partial charge in [-0.15, -0.1) is 0 Å². The highest BCUT2D eigenvalue weighted by Crippen LogP contribution is 2.42. The second-order valence-corrected chi connectivity index (χ2v) is 8.51. The van der Waals surface area contributed by atoms with E-state index >= 15 is 0 Å². The van der Waals surface area contributed by atoms with Gasteiger partial charge in [-0.25, -0.2) is 4.98 Å². The second kappa shape index (κ2) is 7.87. The van der Waals surface area contributed by atoms with Gasteiger partial charge in [0.05, 0.1) is 11.4 Å². The molecule has 0 fully saturated rings. The third-order valence-corrected chi connectivity index (χ3v) is 6.41. The zero-order valence-corrected chi connectivity index (χ0v) is 17.3. The molecule has 1 atom stereocenters. The minimum Gasteiger partial charge on any atom is -0.325 e. The standard InChI is InChI=1S/C23H23N3O2S/c1-3-23(2)13-15-9-7-8-12-17(15)20-19(23)21(28)26-22(25-20)29-14-18(27)24-16-10-5-4-6-11-16/h4-12H,3,13-14H2,1-2H3,(H,24,27)(H,25,26,28). The van der Waals surface area contributed by atoms with Gasteiger partial charge in [-0.3, -0.25) is 9.59 Å². The molecule has 0 saturated carbocycles. The van der Waals surface area contributed by atoms with Crippen LogP contribution in [0.3, 0.4) is 0 Å². The van der Waals surface area contributed by atoms with E-state index in [9.17, 15) is 9.59 Å². The first-order chi connectivity index (χ1) is 14.0. The normalized spacial score (nSPS) is 17.3. The number of carbonyl (C=O) groups is 1.